The molecule has 0 radical (unpaired) electrons. The van der Waals surface area contributed by atoms with Crippen molar-refractivity contribution in [2.24, 2.45) is 0 Å². The van der Waals surface area contributed by atoms with Crippen LogP contribution in [-0.2, 0) is 35.7 Å². The lowest BCUT2D eigenvalue weighted by Gasteiger charge is -2.14. The summed E-state index contributed by atoms with van der Waals surface area (Å²) >= 11 is 6.03. The summed E-state index contributed by atoms with van der Waals surface area (Å²) < 4.78 is 30.2. The van der Waals surface area contributed by atoms with Crippen molar-refractivity contribution in [1.29, 1.82) is 0 Å². The smallest absolute Gasteiger partial charge is 0.314 e. The van der Waals surface area contributed by atoms with Gasteiger partial charge in [-0.1, -0.05) is 17.7 Å². The fourth-order valence-corrected chi connectivity index (χ4v) is 4.59. The van der Waals surface area contributed by atoms with Crippen molar-refractivity contribution in [3.05, 3.63) is 40.5 Å². The van der Waals surface area contributed by atoms with Crippen LogP contribution < -0.4 is 10.6 Å². The summed E-state index contributed by atoms with van der Waals surface area (Å²) in [5.74, 6) is -2.15. The molecule has 0 saturated heterocycles. The highest BCUT2D eigenvalue weighted by molar-refractivity contribution is 7.90. The summed E-state index contributed by atoms with van der Waals surface area (Å²) in [5.41, 5.74) is 1.23. The average molecular weight is 427 g/mol. The van der Waals surface area contributed by atoms with Crippen LogP contribution in [0.4, 0.5) is 5.82 Å². The quantitative estimate of drug-likeness (QED) is 0.689. The molecule has 2 heterocycles. The summed E-state index contributed by atoms with van der Waals surface area (Å²) in [4.78, 5) is 24.5. The van der Waals surface area contributed by atoms with Crippen molar-refractivity contribution in [3.63, 3.8) is 0 Å². The van der Waals surface area contributed by atoms with E-state index in [1.165, 1.54) is 11.8 Å². The number of hydrogen-bond acceptors (Lipinski definition) is 6. The zero-order valence-electron chi connectivity index (χ0n) is 15.2. The summed E-state index contributed by atoms with van der Waals surface area (Å²) in [7, 11) is -1.86. The Bertz CT molecular complexity index is 1030. The summed E-state index contributed by atoms with van der Waals surface area (Å²) in [6.45, 7) is 1.93. The lowest BCUT2D eigenvalue weighted by Crippen LogP contribution is -2.42. The third-order valence-electron chi connectivity index (χ3n) is 4.07. The van der Waals surface area contributed by atoms with Gasteiger partial charge in [-0.25, -0.2) is 13.1 Å². The van der Waals surface area contributed by atoms with Crippen LogP contribution in [-0.4, -0.2) is 49.8 Å². The molecule has 28 heavy (non-hydrogen) atoms. The number of sulfone groups is 1. The van der Waals surface area contributed by atoms with E-state index < -0.39 is 21.7 Å². The first kappa shape index (κ1) is 20.3. The number of methoxy groups -OCH3 is 1. The first-order chi connectivity index (χ1) is 13.2. The molecule has 2 aromatic rings. The number of rotatable bonds is 5. The SMILES string of the molecule is COC[C@@H](C)NC(=O)C(=O)Nc1c2c(nn1-c1cccc(Cl)c1)CS(=O)(=O)C2. The van der Waals surface area contributed by atoms with Gasteiger partial charge in [0.2, 0.25) is 0 Å². The summed E-state index contributed by atoms with van der Waals surface area (Å²) in [5, 5.41) is 9.76. The van der Waals surface area contributed by atoms with E-state index in [1.54, 1.807) is 31.2 Å². The second-order valence-electron chi connectivity index (χ2n) is 6.48. The van der Waals surface area contributed by atoms with Gasteiger partial charge in [0.15, 0.2) is 9.84 Å². The fraction of sp³-hybridized carbons (Fsp3) is 0.353. The Morgan fingerprint density at radius 3 is 2.75 bits per heavy atom. The van der Waals surface area contributed by atoms with E-state index in [-0.39, 0.29) is 30.0 Å². The number of nitrogens with one attached hydrogen (secondary N) is 2. The number of carbonyl (C=O) groups is 2. The molecule has 11 heteroatoms. The molecular formula is C17H19ClN4O5S. The molecule has 0 bridgehead atoms. The van der Waals surface area contributed by atoms with Gasteiger partial charge in [-0.2, -0.15) is 5.10 Å². The van der Waals surface area contributed by atoms with Gasteiger partial charge < -0.3 is 15.4 Å². The van der Waals surface area contributed by atoms with Gasteiger partial charge in [-0.15, -0.1) is 0 Å². The van der Waals surface area contributed by atoms with Crippen molar-refractivity contribution in [2.45, 2.75) is 24.5 Å². The molecule has 1 atom stereocenters. The van der Waals surface area contributed by atoms with Gasteiger partial charge in [0.1, 0.15) is 5.82 Å². The van der Waals surface area contributed by atoms with Crippen molar-refractivity contribution < 1.29 is 22.7 Å². The Labute approximate surface area is 166 Å². The minimum atomic E-state index is -3.34. The molecule has 0 unspecified atom stereocenters. The molecule has 1 aliphatic heterocycles. The predicted molar refractivity (Wildman–Crippen MR) is 103 cm³/mol. The number of halogens is 1. The normalized spacial score (nSPS) is 15.7. The van der Waals surface area contributed by atoms with Gasteiger partial charge in [0, 0.05) is 23.7 Å². The van der Waals surface area contributed by atoms with Crippen LogP contribution in [0.1, 0.15) is 18.2 Å². The number of nitrogens with zero attached hydrogens (tertiary/aromatic N) is 2. The lowest BCUT2D eigenvalue weighted by molar-refractivity contribution is -0.136. The first-order valence-corrected chi connectivity index (χ1v) is 10.6. The molecule has 1 aromatic heterocycles. The number of ether oxygens (including phenoxy) is 1. The Balaban J connectivity index is 1.93. The molecule has 1 aromatic carbocycles. The van der Waals surface area contributed by atoms with Crippen molar-refractivity contribution in [1.82, 2.24) is 15.1 Å². The van der Waals surface area contributed by atoms with Crippen molar-refractivity contribution >= 4 is 39.1 Å². The molecule has 0 saturated carbocycles. The fourth-order valence-electron chi connectivity index (χ4n) is 2.91. The average Bonchev–Trinajstić information content (AvgIpc) is 3.07. The van der Waals surface area contributed by atoms with Gasteiger partial charge in [0.25, 0.3) is 0 Å². The van der Waals surface area contributed by atoms with Crippen molar-refractivity contribution in [2.75, 3.05) is 19.0 Å². The Kier molecular flexibility index (Phi) is 5.73. The minimum absolute atomic E-state index is 0.137. The number of benzene rings is 1. The zero-order valence-corrected chi connectivity index (χ0v) is 16.8. The van der Waals surface area contributed by atoms with Crippen molar-refractivity contribution in [3.8, 4) is 5.69 Å². The predicted octanol–water partition coefficient (Wildman–Crippen LogP) is 1.04. The maximum atomic E-state index is 12.4. The van der Waals surface area contributed by atoms with E-state index in [1.807, 2.05) is 0 Å². The number of hydrogen-bond donors (Lipinski definition) is 2. The molecule has 2 N–H and O–H groups in total. The van der Waals surface area contributed by atoms with Crippen LogP contribution in [0.3, 0.4) is 0 Å². The Morgan fingerprint density at radius 2 is 2.07 bits per heavy atom. The lowest BCUT2D eigenvalue weighted by atomic mass is 10.2. The number of fused-ring (bicyclic) bond motifs is 1. The standard InChI is InChI=1S/C17H19ClN4O5S/c1-10(7-27-2)19-16(23)17(24)20-15-13-8-28(25,26)9-14(13)21-22(15)12-5-3-4-11(18)6-12/h3-6,10H,7-9H2,1-2H3,(H,19,23)(H,20,24)/t10-/m1/s1. The molecule has 0 spiro atoms. The van der Waals surface area contributed by atoms with Crippen LogP contribution >= 0.6 is 11.6 Å². The summed E-state index contributed by atoms with van der Waals surface area (Å²) in [6.07, 6.45) is 0. The van der Waals surface area contributed by atoms with E-state index in [0.717, 1.165) is 0 Å². The molecule has 9 nitrogen and oxygen atoms in total. The maximum absolute atomic E-state index is 12.4. The summed E-state index contributed by atoms with van der Waals surface area (Å²) in [6, 6.07) is 6.34. The van der Waals surface area contributed by atoms with Crippen LogP contribution in [0.5, 0.6) is 0 Å². The molecule has 3 rings (SSSR count). The topological polar surface area (TPSA) is 119 Å². The van der Waals surface area contributed by atoms with E-state index in [4.69, 9.17) is 16.3 Å². The number of aromatic nitrogens is 2. The molecule has 0 aliphatic carbocycles. The van der Waals surface area contributed by atoms with Crippen LogP contribution in [0.2, 0.25) is 5.02 Å². The third kappa shape index (κ3) is 4.34. The van der Waals surface area contributed by atoms with Gasteiger partial charge in [0.05, 0.1) is 29.5 Å². The molecule has 1 aliphatic rings. The van der Waals surface area contributed by atoms with E-state index in [9.17, 15) is 18.0 Å². The monoisotopic (exact) mass is 426 g/mol. The van der Waals surface area contributed by atoms with Crippen LogP contribution in [0.15, 0.2) is 24.3 Å². The highest BCUT2D eigenvalue weighted by atomic mass is 35.5. The maximum Gasteiger partial charge on any atom is 0.314 e. The molecule has 2 amide bonds. The zero-order chi connectivity index (χ0) is 20.5. The third-order valence-corrected chi connectivity index (χ3v) is 5.75. The largest absolute Gasteiger partial charge is 0.383 e. The second-order valence-corrected chi connectivity index (χ2v) is 8.98. The molecule has 150 valence electrons. The Hall–Kier alpha value is -2.43. The van der Waals surface area contributed by atoms with Crippen LogP contribution in [0, 0.1) is 0 Å². The molecule has 0 fully saturated rings. The van der Waals surface area contributed by atoms with Crippen LogP contribution in [0.25, 0.3) is 5.69 Å². The molecular weight excluding hydrogens is 408 g/mol. The second kappa shape index (κ2) is 7.90. The van der Waals surface area contributed by atoms with E-state index in [2.05, 4.69) is 15.7 Å². The highest BCUT2D eigenvalue weighted by Gasteiger charge is 2.34. The first-order valence-electron chi connectivity index (χ1n) is 8.38. The highest BCUT2D eigenvalue weighted by Crippen LogP contribution is 2.33. The van der Waals surface area contributed by atoms with E-state index >= 15 is 0 Å². The Morgan fingerprint density at radius 1 is 1.32 bits per heavy atom. The minimum Gasteiger partial charge on any atom is -0.383 e. The number of carbonyl (C=O) groups excluding carboxylic acids is 2. The van der Waals surface area contributed by atoms with E-state index in [0.29, 0.717) is 22.0 Å². The number of anilines is 1. The van der Waals surface area contributed by atoms with Gasteiger partial charge in [-0.3, -0.25) is 9.59 Å². The van der Waals surface area contributed by atoms with Gasteiger partial charge >= 0.3 is 11.8 Å². The number of amides is 2. The van der Waals surface area contributed by atoms with Gasteiger partial charge in [-0.05, 0) is 25.1 Å².